The molecule has 19 heavy (non-hydrogen) atoms. The van der Waals surface area contributed by atoms with E-state index in [1.807, 2.05) is 24.5 Å². The molecule has 1 atom stereocenters. The predicted molar refractivity (Wildman–Crippen MR) is 77.4 cm³/mol. The highest BCUT2D eigenvalue weighted by Crippen LogP contribution is 2.27. The zero-order valence-electron chi connectivity index (χ0n) is 11.5. The molecular weight excluding hydrogens is 236 g/mol. The largest absolute Gasteiger partial charge is 0.496 e. The van der Waals surface area contributed by atoms with E-state index in [1.165, 1.54) is 11.1 Å². The van der Waals surface area contributed by atoms with Crippen molar-refractivity contribution in [2.45, 2.75) is 19.4 Å². The fourth-order valence-electron chi connectivity index (χ4n) is 2.25. The molecule has 0 amide bonds. The lowest BCUT2D eigenvalue weighted by atomic mass is 9.98. The first kappa shape index (κ1) is 13.6. The van der Waals surface area contributed by atoms with Crippen LogP contribution in [-0.2, 0) is 6.42 Å². The molecule has 0 aliphatic rings. The summed E-state index contributed by atoms with van der Waals surface area (Å²) >= 11 is 0. The average Bonchev–Trinajstić information content (AvgIpc) is 2.48. The van der Waals surface area contributed by atoms with E-state index < -0.39 is 0 Å². The molecule has 3 nitrogen and oxygen atoms in total. The summed E-state index contributed by atoms with van der Waals surface area (Å²) < 4.78 is 5.46. The number of benzene rings is 1. The van der Waals surface area contributed by atoms with Crippen LogP contribution in [0.1, 0.15) is 24.1 Å². The maximum atomic E-state index is 5.46. The molecule has 0 saturated heterocycles. The van der Waals surface area contributed by atoms with Gasteiger partial charge in [0, 0.05) is 24.0 Å². The van der Waals surface area contributed by atoms with E-state index in [9.17, 15) is 0 Å². The van der Waals surface area contributed by atoms with E-state index in [2.05, 4.69) is 41.5 Å². The van der Waals surface area contributed by atoms with Crippen LogP contribution in [0.2, 0.25) is 0 Å². The predicted octanol–water partition coefficient (Wildman–Crippen LogP) is 2.98. The summed E-state index contributed by atoms with van der Waals surface area (Å²) in [7, 11) is 1.72. The molecule has 1 unspecified atom stereocenters. The SMILES string of the molecule is CCNC(Cc1ccncc1)c1ccccc1OC. The Hall–Kier alpha value is -1.87. The fraction of sp³-hybridized carbons (Fsp3) is 0.312. The topological polar surface area (TPSA) is 34.2 Å². The minimum Gasteiger partial charge on any atom is -0.496 e. The van der Waals surface area contributed by atoms with Gasteiger partial charge >= 0.3 is 0 Å². The van der Waals surface area contributed by atoms with Gasteiger partial charge in [0.2, 0.25) is 0 Å². The van der Waals surface area contributed by atoms with Gasteiger partial charge in [-0.1, -0.05) is 25.1 Å². The third-order valence-corrected chi connectivity index (χ3v) is 3.15. The van der Waals surface area contributed by atoms with E-state index in [-0.39, 0.29) is 6.04 Å². The molecule has 0 aliphatic carbocycles. The van der Waals surface area contributed by atoms with E-state index in [1.54, 1.807) is 7.11 Å². The summed E-state index contributed by atoms with van der Waals surface area (Å²) in [6.45, 7) is 3.04. The lowest BCUT2D eigenvalue weighted by Crippen LogP contribution is -2.23. The van der Waals surface area contributed by atoms with Gasteiger partial charge in [0.05, 0.1) is 7.11 Å². The number of nitrogens with zero attached hydrogens (tertiary/aromatic N) is 1. The monoisotopic (exact) mass is 256 g/mol. The van der Waals surface area contributed by atoms with Crippen LogP contribution in [0, 0.1) is 0 Å². The Morgan fingerprint density at radius 3 is 2.58 bits per heavy atom. The van der Waals surface area contributed by atoms with Gasteiger partial charge in [0.15, 0.2) is 0 Å². The summed E-state index contributed by atoms with van der Waals surface area (Å²) in [6.07, 6.45) is 4.60. The maximum absolute atomic E-state index is 5.46. The molecule has 2 rings (SSSR count). The maximum Gasteiger partial charge on any atom is 0.123 e. The molecule has 0 fully saturated rings. The van der Waals surface area contributed by atoms with Gasteiger partial charge in [0.25, 0.3) is 0 Å². The third-order valence-electron chi connectivity index (χ3n) is 3.15. The van der Waals surface area contributed by atoms with Crippen molar-refractivity contribution < 1.29 is 4.74 Å². The number of methoxy groups -OCH3 is 1. The number of pyridine rings is 1. The van der Waals surface area contributed by atoms with Gasteiger partial charge in [-0.05, 0) is 36.7 Å². The molecule has 0 bridgehead atoms. The summed E-state index contributed by atoms with van der Waals surface area (Å²) in [4.78, 5) is 4.06. The van der Waals surface area contributed by atoms with E-state index >= 15 is 0 Å². The Morgan fingerprint density at radius 1 is 1.16 bits per heavy atom. The van der Waals surface area contributed by atoms with E-state index in [0.29, 0.717) is 0 Å². The minimum absolute atomic E-state index is 0.253. The van der Waals surface area contributed by atoms with E-state index in [4.69, 9.17) is 4.74 Å². The number of hydrogen-bond acceptors (Lipinski definition) is 3. The Balaban J connectivity index is 2.24. The van der Waals surface area contributed by atoms with Gasteiger partial charge in [-0.3, -0.25) is 4.98 Å². The third kappa shape index (κ3) is 3.55. The molecule has 0 radical (unpaired) electrons. The zero-order valence-corrected chi connectivity index (χ0v) is 11.5. The number of likely N-dealkylation sites (N-methyl/N-ethyl adjacent to an activating group) is 1. The number of rotatable bonds is 6. The summed E-state index contributed by atoms with van der Waals surface area (Å²) in [5.41, 5.74) is 2.47. The second-order valence-corrected chi connectivity index (χ2v) is 4.41. The van der Waals surface area contributed by atoms with Crippen LogP contribution in [0.3, 0.4) is 0 Å². The van der Waals surface area contributed by atoms with Crippen molar-refractivity contribution in [3.8, 4) is 5.75 Å². The van der Waals surface area contributed by atoms with Gasteiger partial charge in [-0.2, -0.15) is 0 Å². The van der Waals surface area contributed by atoms with Gasteiger partial charge < -0.3 is 10.1 Å². The van der Waals surface area contributed by atoms with Crippen molar-refractivity contribution >= 4 is 0 Å². The van der Waals surface area contributed by atoms with Gasteiger partial charge in [-0.15, -0.1) is 0 Å². The molecular formula is C16H20N2O. The molecule has 1 heterocycles. The minimum atomic E-state index is 0.253. The standard InChI is InChI=1S/C16H20N2O/c1-3-18-15(12-13-8-10-17-11-9-13)14-6-4-5-7-16(14)19-2/h4-11,15,18H,3,12H2,1-2H3. The van der Waals surface area contributed by atoms with Crippen molar-refractivity contribution in [2.75, 3.05) is 13.7 Å². The normalized spacial score (nSPS) is 12.1. The van der Waals surface area contributed by atoms with Crippen LogP contribution in [0.4, 0.5) is 0 Å². The molecule has 0 spiro atoms. The average molecular weight is 256 g/mol. The van der Waals surface area contributed by atoms with Crippen LogP contribution in [-0.4, -0.2) is 18.6 Å². The van der Waals surface area contributed by atoms with Gasteiger partial charge in [0.1, 0.15) is 5.75 Å². The molecule has 0 saturated carbocycles. The number of para-hydroxylation sites is 1. The summed E-state index contributed by atoms with van der Waals surface area (Å²) in [5, 5.41) is 3.52. The molecule has 2 aromatic rings. The first-order valence-electron chi connectivity index (χ1n) is 6.60. The van der Waals surface area contributed by atoms with Gasteiger partial charge in [-0.25, -0.2) is 0 Å². The van der Waals surface area contributed by atoms with Crippen molar-refractivity contribution in [2.24, 2.45) is 0 Å². The lowest BCUT2D eigenvalue weighted by Gasteiger charge is -2.20. The number of hydrogen-bond donors (Lipinski definition) is 1. The number of ether oxygens (including phenoxy) is 1. The van der Waals surface area contributed by atoms with Crippen LogP contribution in [0.25, 0.3) is 0 Å². The summed E-state index contributed by atoms with van der Waals surface area (Å²) in [6, 6.07) is 12.5. The molecule has 0 aliphatic heterocycles. The Morgan fingerprint density at radius 2 is 1.89 bits per heavy atom. The molecule has 100 valence electrons. The van der Waals surface area contributed by atoms with Crippen LogP contribution < -0.4 is 10.1 Å². The zero-order chi connectivity index (χ0) is 13.5. The first-order valence-corrected chi connectivity index (χ1v) is 6.60. The molecule has 1 aromatic carbocycles. The number of nitrogens with one attached hydrogen (secondary N) is 1. The van der Waals surface area contributed by atoms with Crippen molar-refractivity contribution in [1.29, 1.82) is 0 Å². The van der Waals surface area contributed by atoms with Crippen LogP contribution in [0.5, 0.6) is 5.75 Å². The molecule has 1 aromatic heterocycles. The lowest BCUT2D eigenvalue weighted by molar-refractivity contribution is 0.399. The first-order chi connectivity index (χ1) is 9.35. The molecule has 1 N–H and O–H groups in total. The quantitative estimate of drug-likeness (QED) is 0.862. The van der Waals surface area contributed by atoms with Crippen molar-refractivity contribution in [1.82, 2.24) is 10.3 Å². The molecule has 3 heteroatoms. The van der Waals surface area contributed by atoms with Crippen molar-refractivity contribution in [3.63, 3.8) is 0 Å². The van der Waals surface area contributed by atoms with Crippen molar-refractivity contribution in [3.05, 3.63) is 59.9 Å². The Bertz CT molecular complexity index is 499. The number of aromatic nitrogens is 1. The second-order valence-electron chi connectivity index (χ2n) is 4.41. The highest BCUT2D eigenvalue weighted by atomic mass is 16.5. The summed E-state index contributed by atoms with van der Waals surface area (Å²) in [5.74, 6) is 0.933. The fourth-order valence-corrected chi connectivity index (χ4v) is 2.25. The highest BCUT2D eigenvalue weighted by molar-refractivity contribution is 5.36. The smallest absolute Gasteiger partial charge is 0.123 e. The van der Waals surface area contributed by atoms with E-state index in [0.717, 1.165) is 18.7 Å². The highest BCUT2D eigenvalue weighted by Gasteiger charge is 2.15. The Kier molecular flexibility index (Phi) is 4.93. The van der Waals surface area contributed by atoms with Crippen LogP contribution in [0.15, 0.2) is 48.8 Å². The van der Waals surface area contributed by atoms with Crippen LogP contribution >= 0.6 is 0 Å². The second kappa shape index (κ2) is 6.90. The Labute approximate surface area is 114 Å².